The molecule has 0 radical (unpaired) electrons. The molecule has 1 saturated heterocycles. The van der Waals surface area contributed by atoms with Gasteiger partial charge in [-0.25, -0.2) is 14.1 Å². The molecule has 2 N–H and O–H groups in total. The summed E-state index contributed by atoms with van der Waals surface area (Å²) >= 11 is 12.6. The van der Waals surface area contributed by atoms with Crippen molar-refractivity contribution in [3.8, 4) is 5.75 Å². The third-order valence-electron chi connectivity index (χ3n) is 5.23. The molecular weight excluding hydrogens is 508 g/mol. The number of carbonyl (C=O) groups excluding carboxylic acids is 3. The van der Waals surface area contributed by atoms with Crippen molar-refractivity contribution in [2.24, 2.45) is 0 Å². The number of benzene rings is 3. The lowest BCUT2D eigenvalue weighted by atomic mass is 10.1. The van der Waals surface area contributed by atoms with Crippen LogP contribution in [0, 0.1) is 12.7 Å². The first-order chi connectivity index (χ1) is 17.2. The van der Waals surface area contributed by atoms with Crippen LogP contribution < -0.4 is 15.4 Å². The van der Waals surface area contributed by atoms with Crippen molar-refractivity contribution in [3.05, 3.63) is 98.9 Å². The van der Waals surface area contributed by atoms with E-state index in [0.717, 1.165) is 10.5 Å². The number of rotatable bonds is 7. The Bertz CT molecular complexity index is 1370. The summed E-state index contributed by atoms with van der Waals surface area (Å²) in [5.74, 6) is -1.46. The number of nitrogens with zero attached hydrogens (tertiary/aromatic N) is 1. The Morgan fingerprint density at radius 3 is 2.50 bits per heavy atom. The van der Waals surface area contributed by atoms with E-state index in [-0.39, 0.29) is 28.1 Å². The van der Waals surface area contributed by atoms with Crippen LogP contribution in [0.4, 0.5) is 14.9 Å². The molecule has 36 heavy (non-hydrogen) atoms. The van der Waals surface area contributed by atoms with E-state index in [1.165, 1.54) is 24.3 Å². The maximum absolute atomic E-state index is 13.8. The van der Waals surface area contributed by atoms with Crippen LogP contribution >= 0.6 is 23.2 Å². The monoisotopic (exact) mass is 527 g/mol. The smallest absolute Gasteiger partial charge is 0.329 e. The van der Waals surface area contributed by atoms with Crippen LogP contribution in [-0.2, 0) is 16.2 Å². The highest BCUT2D eigenvalue weighted by Gasteiger charge is 2.35. The van der Waals surface area contributed by atoms with Gasteiger partial charge in [0.1, 0.15) is 24.7 Å². The van der Waals surface area contributed by atoms with Crippen LogP contribution in [-0.4, -0.2) is 29.3 Å². The van der Waals surface area contributed by atoms with Crippen molar-refractivity contribution in [3.63, 3.8) is 0 Å². The Morgan fingerprint density at radius 1 is 1.08 bits per heavy atom. The van der Waals surface area contributed by atoms with E-state index in [4.69, 9.17) is 27.9 Å². The first-order valence-corrected chi connectivity index (χ1v) is 11.5. The summed E-state index contributed by atoms with van der Waals surface area (Å²) in [7, 11) is 0. The lowest BCUT2D eigenvalue weighted by Gasteiger charge is -2.12. The van der Waals surface area contributed by atoms with E-state index in [1.54, 1.807) is 36.4 Å². The van der Waals surface area contributed by atoms with Gasteiger partial charge in [0.05, 0.1) is 10.0 Å². The molecule has 0 saturated carbocycles. The van der Waals surface area contributed by atoms with Gasteiger partial charge in [0.15, 0.2) is 5.75 Å². The molecule has 0 atom stereocenters. The minimum absolute atomic E-state index is 0.0458. The first kappa shape index (κ1) is 25.2. The van der Waals surface area contributed by atoms with E-state index < -0.39 is 30.2 Å². The van der Waals surface area contributed by atoms with Crippen LogP contribution in [0.25, 0.3) is 6.08 Å². The Hall–Kier alpha value is -3.88. The van der Waals surface area contributed by atoms with Crippen molar-refractivity contribution in [1.29, 1.82) is 0 Å². The van der Waals surface area contributed by atoms with Crippen molar-refractivity contribution in [1.82, 2.24) is 10.2 Å². The van der Waals surface area contributed by atoms with Crippen LogP contribution in [0.15, 0.2) is 66.4 Å². The average Bonchev–Trinajstić information content (AvgIpc) is 3.07. The number of halogens is 3. The first-order valence-electron chi connectivity index (χ1n) is 10.8. The second kappa shape index (κ2) is 10.8. The molecular formula is C26H20Cl2FN3O4. The number of amides is 4. The number of hydrogen-bond acceptors (Lipinski definition) is 4. The van der Waals surface area contributed by atoms with E-state index in [1.807, 2.05) is 13.0 Å². The van der Waals surface area contributed by atoms with Crippen LogP contribution in [0.5, 0.6) is 5.75 Å². The minimum atomic E-state index is -0.729. The molecule has 3 aromatic rings. The van der Waals surface area contributed by atoms with Crippen molar-refractivity contribution in [2.45, 2.75) is 13.5 Å². The predicted molar refractivity (Wildman–Crippen MR) is 135 cm³/mol. The normalized spacial score (nSPS) is 14.2. The highest BCUT2D eigenvalue weighted by Crippen LogP contribution is 2.35. The zero-order valence-corrected chi connectivity index (χ0v) is 20.5. The van der Waals surface area contributed by atoms with Crippen LogP contribution in [0.3, 0.4) is 0 Å². The molecule has 4 amide bonds. The zero-order chi connectivity index (χ0) is 25.8. The van der Waals surface area contributed by atoms with Gasteiger partial charge in [-0.15, -0.1) is 0 Å². The molecule has 184 valence electrons. The lowest BCUT2D eigenvalue weighted by Crippen LogP contribution is -2.38. The maximum atomic E-state index is 13.8. The van der Waals surface area contributed by atoms with E-state index in [2.05, 4.69) is 10.6 Å². The Morgan fingerprint density at radius 2 is 1.81 bits per heavy atom. The number of anilines is 1. The van der Waals surface area contributed by atoms with Gasteiger partial charge in [-0.2, -0.15) is 0 Å². The number of imide groups is 1. The summed E-state index contributed by atoms with van der Waals surface area (Å²) in [6, 6.07) is 15.5. The van der Waals surface area contributed by atoms with Gasteiger partial charge in [0.2, 0.25) is 5.91 Å². The summed E-state index contributed by atoms with van der Waals surface area (Å²) in [6.07, 6.45) is 1.39. The molecule has 0 unspecified atom stereocenters. The fourth-order valence-electron chi connectivity index (χ4n) is 3.51. The number of nitrogens with one attached hydrogen (secondary N) is 2. The Balaban J connectivity index is 1.44. The third-order valence-corrected chi connectivity index (χ3v) is 5.79. The quantitative estimate of drug-likeness (QED) is 0.311. The van der Waals surface area contributed by atoms with E-state index >= 15 is 0 Å². The van der Waals surface area contributed by atoms with Crippen LogP contribution in [0.2, 0.25) is 10.0 Å². The molecule has 0 aromatic heterocycles. The Labute approximate surface area is 216 Å². The third kappa shape index (κ3) is 5.84. The maximum Gasteiger partial charge on any atom is 0.329 e. The molecule has 7 nitrogen and oxygen atoms in total. The average molecular weight is 528 g/mol. The Kier molecular flexibility index (Phi) is 7.57. The van der Waals surface area contributed by atoms with Crippen molar-refractivity contribution < 1.29 is 23.5 Å². The molecule has 1 fully saturated rings. The van der Waals surface area contributed by atoms with E-state index in [9.17, 15) is 18.8 Å². The molecule has 1 aliphatic rings. The summed E-state index contributed by atoms with van der Waals surface area (Å²) in [5.41, 5.74) is 2.22. The SMILES string of the molecule is Cc1cccc(NC(=O)CN2C(=O)N/C(=C/c3cc(Cl)c(OCc4ccccc4F)c(Cl)c3)C2=O)c1. The molecule has 0 spiro atoms. The summed E-state index contributed by atoms with van der Waals surface area (Å²) < 4.78 is 19.4. The second-order valence-corrected chi connectivity index (χ2v) is 8.81. The van der Waals surface area contributed by atoms with E-state index in [0.29, 0.717) is 16.8 Å². The van der Waals surface area contributed by atoms with Gasteiger partial charge in [-0.05, 0) is 54.5 Å². The number of aryl methyl sites for hydroxylation is 1. The number of carbonyl (C=O) groups is 3. The topological polar surface area (TPSA) is 87.7 Å². The largest absolute Gasteiger partial charge is 0.486 e. The molecule has 0 bridgehead atoms. The molecule has 10 heteroatoms. The van der Waals surface area contributed by atoms with Crippen molar-refractivity contribution >= 4 is 52.8 Å². The van der Waals surface area contributed by atoms with Gasteiger partial charge in [-0.3, -0.25) is 9.59 Å². The van der Waals surface area contributed by atoms with Crippen molar-refractivity contribution in [2.75, 3.05) is 11.9 Å². The molecule has 3 aromatic carbocycles. The minimum Gasteiger partial charge on any atom is -0.486 e. The standard InChI is InChI=1S/C26H20Cl2FN3O4/c1-15-5-4-7-18(9-15)30-23(33)13-32-25(34)22(31-26(32)35)12-16-10-19(27)24(20(28)11-16)36-14-17-6-2-3-8-21(17)29/h2-12H,13-14H2,1H3,(H,30,33)(H,31,35)/b22-12+. The fourth-order valence-corrected chi connectivity index (χ4v) is 4.13. The highest BCUT2D eigenvalue weighted by molar-refractivity contribution is 6.37. The predicted octanol–water partition coefficient (Wildman–Crippen LogP) is 5.55. The number of urea groups is 1. The summed E-state index contributed by atoms with van der Waals surface area (Å²) in [6.45, 7) is 1.34. The molecule has 1 aliphatic heterocycles. The molecule has 1 heterocycles. The van der Waals surface area contributed by atoms with Gasteiger partial charge in [0, 0.05) is 11.3 Å². The molecule has 4 rings (SSSR count). The highest BCUT2D eigenvalue weighted by atomic mass is 35.5. The summed E-state index contributed by atoms with van der Waals surface area (Å²) in [4.78, 5) is 38.3. The van der Waals surface area contributed by atoms with Gasteiger partial charge < -0.3 is 15.4 Å². The molecule has 0 aliphatic carbocycles. The van der Waals surface area contributed by atoms with Gasteiger partial charge in [0.25, 0.3) is 5.91 Å². The van der Waals surface area contributed by atoms with Crippen LogP contribution in [0.1, 0.15) is 16.7 Å². The summed E-state index contributed by atoms with van der Waals surface area (Å²) in [5, 5.41) is 5.38. The zero-order valence-electron chi connectivity index (χ0n) is 19.0. The number of ether oxygens (including phenoxy) is 1. The fraction of sp³-hybridized carbons (Fsp3) is 0.115. The lowest BCUT2D eigenvalue weighted by molar-refractivity contribution is -0.127. The second-order valence-electron chi connectivity index (χ2n) is 7.99. The van der Waals surface area contributed by atoms with Gasteiger partial charge in [-0.1, -0.05) is 53.5 Å². The number of hydrogen-bond donors (Lipinski definition) is 2. The van der Waals surface area contributed by atoms with Gasteiger partial charge >= 0.3 is 6.03 Å².